The Morgan fingerprint density at radius 1 is 1.07 bits per heavy atom. The first kappa shape index (κ1) is 17.4. The van der Waals surface area contributed by atoms with E-state index >= 15 is 0 Å². The molecule has 4 rings (SSSR count). The molecule has 1 aliphatic heterocycles. The van der Waals surface area contributed by atoms with E-state index in [4.69, 9.17) is 9.72 Å². The SMILES string of the molecule is COc1ccc(Cc2ncc3c(n2)CN(c2ncncc2C(C)C)C3)cc1. The summed E-state index contributed by atoms with van der Waals surface area (Å²) in [5.74, 6) is 3.07. The molecule has 6 heteroatoms. The summed E-state index contributed by atoms with van der Waals surface area (Å²) in [4.78, 5) is 20.4. The third-order valence-corrected chi connectivity index (χ3v) is 4.87. The van der Waals surface area contributed by atoms with Crippen molar-refractivity contribution in [3.8, 4) is 5.75 Å². The minimum atomic E-state index is 0.377. The summed E-state index contributed by atoms with van der Waals surface area (Å²) >= 11 is 0. The lowest BCUT2D eigenvalue weighted by Gasteiger charge is -2.20. The third kappa shape index (κ3) is 3.60. The van der Waals surface area contributed by atoms with Crippen LogP contribution in [0.1, 0.15) is 48.0 Å². The normalized spacial score (nSPS) is 13.1. The van der Waals surface area contributed by atoms with Gasteiger partial charge in [0.25, 0.3) is 0 Å². The smallest absolute Gasteiger partial charge is 0.136 e. The van der Waals surface area contributed by atoms with E-state index in [0.717, 1.165) is 41.7 Å². The maximum atomic E-state index is 5.21. The summed E-state index contributed by atoms with van der Waals surface area (Å²) < 4.78 is 5.21. The lowest BCUT2D eigenvalue weighted by Crippen LogP contribution is -2.18. The first-order chi connectivity index (χ1) is 13.1. The minimum Gasteiger partial charge on any atom is -0.497 e. The van der Waals surface area contributed by atoms with Crippen LogP contribution in [0.25, 0.3) is 0 Å². The van der Waals surface area contributed by atoms with Gasteiger partial charge in [0.1, 0.15) is 23.7 Å². The molecule has 0 bridgehead atoms. The van der Waals surface area contributed by atoms with E-state index in [1.54, 1.807) is 13.4 Å². The molecule has 0 N–H and O–H groups in total. The Hall–Kier alpha value is -3.02. The fourth-order valence-electron chi connectivity index (χ4n) is 3.36. The van der Waals surface area contributed by atoms with Crippen LogP contribution in [0, 0.1) is 0 Å². The average Bonchev–Trinajstić information content (AvgIpc) is 3.12. The molecule has 138 valence electrons. The van der Waals surface area contributed by atoms with Crippen LogP contribution in [-0.4, -0.2) is 27.0 Å². The van der Waals surface area contributed by atoms with E-state index in [2.05, 4.69) is 45.8 Å². The van der Waals surface area contributed by atoms with Crippen LogP contribution < -0.4 is 9.64 Å². The van der Waals surface area contributed by atoms with Crippen LogP contribution in [0.3, 0.4) is 0 Å². The quantitative estimate of drug-likeness (QED) is 0.693. The standard InChI is InChI=1S/C21H23N5O/c1-14(2)18-10-22-13-24-21(18)26-11-16-9-23-20(25-19(16)12-26)8-15-4-6-17(27-3)7-5-15/h4-7,9-10,13-14H,8,11-12H2,1-3H3. The highest BCUT2D eigenvalue weighted by Gasteiger charge is 2.25. The predicted octanol–water partition coefficient (Wildman–Crippen LogP) is 3.51. The van der Waals surface area contributed by atoms with Crippen LogP contribution in [0.4, 0.5) is 5.82 Å². The first-order valence-electron chi connectivity index (χ1n) is 9.15. The van der Waals surface area contributed by atoms with Gasteiger partial charge in [0.05, 0.1) is 19.3 Å². The van der Waals surface area contributed by atoms with Gasteiger partial charge in [-0.05, 0) is 23.6 Å². The zero-order chi connectivity index (χ0) is 18.8. The van der Waals surface area contributed by atoms with Crippen molar-refractivity contribution in [2.45, 2.75) is 39.3 Å². The molecule has 1 aromatic carbocycles. The molecule has 0 saturated carbocycles. The zero-order valence-corrected chi connectivity index (χ0v) is 15.9. The highest BCUT2D eigenvalue weighted by Crippen LogP contribution is 2.30. The van der Waals surface area contributed by atoms with Crippen molar-refractivity contribution in [2.75, 3.05) is 12.0 Å². The van der Waals surface area contributed by atoms with E-state index in [9.17, 15) is 0 Å². The number of aromatic nitrogens is 4. The molecule has 6 nitrogen and oxygen atoms in total. The largest absolute Gasteiger partial charge is 0.497 e. The van der Waals surface area contributed by atoms with E-state index < -0.39 is 0 Å². The minimum absolute atomic E-state index is 0.377. The Bertz CT molecular complexity index is 940. The number of nitrogens with zero attached hydrogens (tertiary/aromatic N) is 5. The van der Waals surface area contributed by atoms with Gasteiger partial charge >= 0.3 is 0 Å². The Morgan fingerprint density at radius 3 is 2.63 bits per heavy atom. The molecule has 0 saturated heterocycles. The van der Waals surface area contributed by atoms with Gasteiger partial charge in [0, 0.05) is 36.5 Å². The lowest BCUT2D eigenvalue weighted by molar-refractivity contribution is 0.414. The van der Waals surface area contributed by atoms with Gasteiger partial charge in [-0.2, -0.15) is 0 Å². The van der Waals surface area contributed by atoms with Crippen molar-refractivity contribution in [2.24, 2.45) is 0 Å². The first-order valence-corrected chi connectivity index (χ1v) is 9.15. The van der Waals surface area contributed by atoms with Gasteiger partial charge in [-0.25, -0.2) is 19.9 Å². The molecule has 0 fully saturated rings. The summed E-state index contributed by atoms with van der Waals surface area (Å²) in [6.07, 6.45) is 6.20. The number of hydrogen-bond acceptors (Lipinski definition) is 6. The van der Waals surface area contributed by atoms with Gasteiger partial charge in [-0.15, -0.1) is 0 Å². The monoisotopic (exact) mass is 361 g/mol. The van der Waals surface area contributed by atoms with Crippen LogP contribution in [0.15, 0.2) is 43.0 Å². The Morgan fingerprint density at radius 2 is 1.89 bits per heavy atom. The fraction of sp³-hybridized carbons (Fsp3) is 0.333. The molecular weight excluding hydrogens is 338 g/mol. The Labute approximate surface area is 159 Å². The van der Waals surface area contributed by atoms with Gasteiger partial charge in [-0.1, -0.05) is 26.0 Å². The molecule has 2 aromatic heterocycles. The second kappa shape index (κ2) is 7.31. The maximum Gasteiger partial charge on any atom is 0.136 e. The molecule has 0 atom stereocenters. The maximum absolute atomic E-state index is 5.21. The molecule has 0 amide bonds. The van der Waals surface area contributed by atoms with Crippen LogP contribution in [0.2, 0.25) is 0 Å². The van der Waals surface area contributed by atoms with Crippen LogP contribution >= 0.6 is 0 Å². The number of anilines is 1. The summed E-state index contributed by atoms with van der Waals surface area (Å²) in [6.45, 7) is 5.87. The second-order valence-electron chi connectivity index (χ2n) is 7.10. The average molecular weight is 361 g/mol. The lowest BCUT2D eigenvalue weighted by atomic mass is 10.1. The highest BCUT2D eigenvalue weighted by atomic mass is 16.5. The van der Waals surface area contributed by atoms with Crippen molar-refractivity contribution in [3.63, 3.8) is 0 Å². The summed E-state index contributed by atoms with van der Waals surface area (Å²) in [5.41, 5.74) is 4.59. The molecule has 3 heterocycles. The summed E-state index contributed by atoms with van der Waals surface area (Å²) in [7, 11) is 1.67. The number of hydrogen-bond donors (Lipinski definition) is 0. The number of benzene rings is 1. The number of methoxy groups -OCH3 is 1. The Kier molecular flexibility index (Phi) is 4.71. The topological polar surface area (TPSA) is 64.0 Å². The fourth-order valence-corrected chi connectivity index (χ4v) is 3.36. The van der Waals surface area contributed by atoms with Gasteiger partial charge < -0.3 is 9.64 Å². The van der Waals surface area contributed by atoms with Crippen LogP contribution in [0.5, 0.6) is 5.75 Å². The van der Waals surface area contributed by atoms with Crippen molar-refractivity contribution in [1.29, 1.82) is 0 Å². The van der Waals surface area contributed by atoms with Gasteiger partial charge in [-0.3, -0.25) is 0 Å². The number of ether oxygens (including phenoxy) is 1. The molecule has 0 unspecified atom stereocenters. The predicted molar refractivity (Wildman–Crippen MR) is 104 cm³/mol. The molecule has 1 aliphatic rings. The third-order valence-electron chi connectivity index (χ3n) is 4.87. The molecule has 0 spiro atoms. The van der Waals surface area contributed by atoms with E-state index in [0.29, 0.717) is 12.3 Å². The van der Waals surface area contributed by atoms with Gasteiger partial charge in [0.2, 0.25) is 0 Å². The highest BCUT2D eigenvalue weighted by molar-refractivity contribution is 5.50. The molecule has 3 aromatic rings. The summed E-state index contributed by atoms with van der Waals surface area (Å²) in [5, 5.41) is 0. The Balaban J connectivity index is 1.53. The van der Waals surface area contributed by atoms with Crippen LogP contribution in [-0.2, 0) is 19.5 Å². The molecular formula is C21H23N5O. The van der Waals surface area contributed by atoms with Crippen molar-refractivity contribution in [3.05, 3.63) is 71.2 Å². The van der Waals surface area contributed by atoms with Crippen molar-refractivity contribution >= 4 is 5.82 Å². The summed E-state index contributed by atoms with van der Waals surface area (Å²) in [6, 6.07) is 8.04. The molecule has 0 radical (unpaired) electrons. The molecule has 27 heavy (non-hydrogen) atoms. The second-order valence-corrected chi connectivity index (χ2v) is 7.10. The number of rotatable bonds is 5. The zero-order valence-electron chi connectivity index (χ0n) is 15.9. The van der Waals surface area contributed by atoms with Crippen molar-refractivity contribution < 1.29 is 4.74 Å². The van der Waals surface area contributed by atoms with E-state index in [1.807, 2.05) is 24.5 Å². The van der Waals surface area contributed by atoms with Crippen molar-refractivity contribution in [1.82, 2.24) is 19.9 Å². The number of fused-ring (bicyclic) bond motifs is 1. The van der Waals surface area contributed by atoms with E-state index in [-0.39, 0.29) is 0 Å². The van der Waals surface area contributed by atoms with Gasteiger partial charge in [0.15, 0.2) is 0 Å². The molecule has 0 aliphatic carbocycles. The van der Waals surface area contributed by atoms with E-state index in [1.165, 1.54) is 11.1 Å².